The van der Waals surface area contributed by atoms with E-state index in [1.54, 1.807) is 24.5 Å². The summed E-state index contributed by atoms with van der Waals surface area (Å²) in [5.41, 5.74) is 0.574. The van der Waals surface area contributed by atoms with E-state index < -0.39 is 0 Å². The third-order valence-electron chi connectivity index (χ3n) is 4.11. The summed E-state index contributed by atoms with van der Waals surface area (Å²) >= 11 is 0. The van der Waals surface area contributed by atoms with Gasteiger partial charge in [0.05, 0.1) is 12.1 Å². The standard InChI is InChI=1S/C18H30N6O.HI/c1-2-20-18(23-11-14-24-12-4-3-5-13-24)22-10-9-21-17(25)16-7-6-8-19-15-16;/h6-8,15H,2-5,9-14H2,1H3,(H,21,25)(H2,20,22,23);1H. The van der Waals surface area contributed by atoms with Crippen molar-refractivity contribution in [2.45, 2.75) is 26.2 Å². The number of nitrogens with zero attached hydrogens (tertiary/aromatic N) is 3. The van der Waals surface area contributed by atoms with E-state index in [9.17, 15) is 4.79 Å². The summed E-state index contributed by atoms with van der Waals surface area (Å²) in [5, 5.41) is 9.36. The number of aliphatic imine (C=N–C) groups is 1. The van der Waals surface area contributed by atoms with Crippen molar-refractivity contribution in [2.75, 3.05) is 45.8 Å². The molecule has 1 fully saturated rings. The van der Waals surface area contributed by atoms with E-state index in [1.807, 2.05) is 6.92 Å². The van der Waals surface area contributed by atoms with Gasteiger partial charge in [0, 0.05) is 38.6 Å². The van der Waals surface area contributed by atoms with Gasteiger partial charge in [-0.2, -0.15) is 0 Å². The number of carbonyl (C=O) groups is 1. The Bertz CT molecular complexity index is 534. The molecule has 1 aromatic rings. The molecule has 0 bridgehead atoms. The lowest BCUT2D eigenvalue weighted by molar-refractivity contribution is 0.0954. The highest BCUT2D eigenvalue weighted by atomic mass is 127. The van der Waals surface area contributed by atoms with E-state index in [1.165, 1.54) is 32.4 Å². The Morgan fingerprint density at radius 1 is 1.19 bits per heavy atom. The molecule has 2 rings (SSSR count). The summed E-state index contributed by atoms with van der Waals surface area (Å²) in [6, 6.07) is 3.51. The molecule has 3 N–H and O–H groups in total. The van der Waals surface area contributed by atoms with E-state index >= 15 is 0 Å². The van der Waals surface area contributed by atoms with Crippen LogP contribution in [0.4, 0.5) is 0 Å². The molecule has 0 aromatic carbocycles. The van der Waals surface area contributed by atoms with Gasteiger partial charge in [-0.25, -0.2) is 0 Å². The maximum atomic E-state index is 11.9. The highest BCUT2D eigenvalue weighted by molar-refractivity contribution is 14.0. The minimum absolute atomic E-state index is 0. The predicted octanol–water partition coefficient (Wildman–Crippen LogP) is 1.47. The number of likely N-dealkylation sites (tertiary alicyclic amines) is 1. The van der Waals surface area contributed by atoms with Crippen LogP contribution in [0.5, 0.6) is 0 Å². The smallest absolute Gasteiger partial charge is 0.252 e. The average Bonchev–Trinajstić information content (AvgIpc) is 2.66. The summed E-state index contributed by atoms with van der Waals surface area (Å²) in [4.78, 5) is 23.0. The van der Waals surface area contributed by atoms with Crippen LogP contribution in [0.1, 0.15) is 36.5 Å². The highest BCUT2D eigenvalue weighted by Gasteiger charge is 2.09. The van der Waals surface area contributed by atoms with Gasteiger partial charge in [0.2, 0.25) is 0 Å². The maximum absolute atomic E-state index is 11.9. The molecule has 146 valence electrons. The summed E-state index contributed by atoms with van der Waals surface area (Å²) in [6.07, 6.45) is 7.18. The number of rotatable bonds is 8. The molecule has 7 nitrogen and oxygen atoms in total. The fraction of sp³-hybridized carbons (Fsp3) is 0.611. The number of carbonyl (C=O) groups excluding carboxylic acids is 1. The first kappa shape index (κ1) is 22.6. The molecule has 0 unspecified atom stereocenters. The molecule has 2 heterocycles. The van der Waals surface area contributed by atoms with Crippen LogP contribution in [-0.2, 0) is 0 Å². The molecule has 1 amide bonds. The lowest BCUT2D eigenvalue weighted by atomic mass is 10.1. The number of pyridine rings is 1. The van der Waals surface area contributed by atoms with E-state index in [-0.39, 0.29) is 29.9 Å². The van der Waals surface area contributed by atoms with Crippen molar-refractivity contribution in [3.05, 3.63) is 30.1 Å². The molecule has 0 atom stereocenters. The van der Waals surface area contributed by atoms with Crippen molar-refractivity contribution in [3.63, 3.8) is 0 Å². The van der Waals surface area contributed by atoms with Gasteiger partial charge >= 0.3 is 0 Å². The monoisotopic (exact) mass is 474 g/mol. The van der Waals surface area contributed by atoms with Gasteiger partial charge in [-0.15, -0.1) is 24.0 Å². The number of hydrogen-bond acceptors (Lipinski definition) is 4. The first-order valence-corrected chi connectivity index (χ1v) is 9.22. The van der Waals surface area contributed by atoms with Crippen LogP contribution in [-0.4, -0.2) is 67.6 Å². The molecule has 0 aliphatic carbocycles. The first-order chi connectivity index (χ1) is 12.3. The summed E-state index contributed by atoms with van der Waals surface area (Å²) < 4.78 is 0. The first-order valence-electron chi connectivity index (χ1n) is 9.22. The van der Waals surface area contributed by atoms with E-state index in [4.69, 9.17) is 0 Å². The Hall–Kier alpha value is -1.42. The quantitative estimate of drug-likeness (QED) is 0.230. The van der Waals surface area contributed by atoms with Crippen molar-refractivity contribution in [1.82, 2.24) is 25.8 Å². The molecule has 1 aliphatic rings. The lowest BCUT2D eigenvalue weighted by Gasteiger charge is -2.25. The van der Waals surface area contributed by atoms with E-state index in [0.29, 0.717) is 18.7 Å². The minimum Gasteiger partial charge on any atom is -0.357 e. The normalized spacial score (nSPS) is 15.0. The van der Waals surface area contributed by atoms with Crippen molar-refractivity contribution >= 4 is 35.8 Å². The molecular weight excluding hydrogens is 443 g/mol. The zero-order valence-electron chi connectivity index (χ0n) is 15.5. The highest BCUT2D eigenvalue weighted by Crippen LogP contribution is 2.07. The van der Waals surface area contributed by atoms with Gasteiger partial charge in [0.25, 0.3) is 5.91 Å². The number of piperidine rings is 1. The Labute approximate surface area is 173 Å². The van der Waals surface area contributed by atoms with E-state index in [2.05, 4.69) is 30.8 Å². The molecule has 1 saturated heterocycles. The van der Waals surface area contributed by atoms with Crippen molar-refractivity contribution in [2.24, 2.45) is 4.99 Å². The summed E-state index contributed by atoms with van der Waals surface area (Å²) in [5.74, 6) is 0.692. The summed E-state index contributed by atoms with van der Waals surface area (Å²) in [7, 11) is 0. The van der Waals surface area contributed by atoms with Crippen LogP contribution in [0.3, 0.4) is 0 Å². The number of amides is 1. The van der Waals surface area contributed by atoms with Gasteiger partial charge in [-0.05, 0) is 45.0 Å². The fourth-order valence-corrected chi connectivity index (χ4v) is 2.78. The minimum atomic E-state index is -0.109. The second kappa shape index (κ2) is 13.7. The second-order valence-corrected chi connectivity index (χ2v) is 6.09. The van der Waals surface area contributed by atoms with Crippen LogP contribution in [0.2, 0.25) is 0 Å². The van der Waals surface area contributed by atoms with Gasteiger partial charge < -0.3 is 20.9 Å². The largest absolute Gasteiger partial charge is 0.357 e. The molecule has 1 aromatic heterocycles. The van der Waals surface area contributed by atoms with Crippen LogP contribution in [0.15, 0.2) is 29.5 Å². The zero-order valence-corrected chi connectivity index (χ0v) is 17.9. The Morgan fingerprint density at radius 2 is 1.96 bits per heavy atom. The Balaban J connectivity index is 0.00000338. The van der Waals surface area contributed by atoms with Crippen molar-refractivity contribution in [3.8, 4) is 0 Å². The maximum Gasteiger partial charge on any atom is 0.252 e. The number of nitrogens with one attached hydrogen (secondary N) is 3. The lowest BCUT2D eigenvalue weighted by Crippen LogP contribution is -2.42. The SMILES string of the molecule is CCNC(=NCCN1CCCCC1)NCCNC(=O)c1cccnc1.I. The van der Waals surface area contributed by atoms with Crippen molar-refractivity contribution < 1.29 is 4.79 Å². The molecular formula is C18H31IN6O. The number of guanidine groups is 1. The third-order valence-corrected chi connectivity index (χ3v) is 4.11. The average molecular weight is 474 g/mol. The number of halogens is 1. The van der Waals surface area contributed by atoms with Gasteiger partial charge in [0.1, 0.15) is 0 Å². The van der Waals surface area contributed by atoms with Crippen molar-refractivity contribution in [1.29, 1.82) is 0 Å². The predicted molar refractivity (Wildman–Crippen MR) is 116 cm³/mol. The van der Waals surface area contributed by atoms with Gasteiger partial charge in [-0.3, -0.25) is 14.8 Å². The molecule has 0 radical (unpaired) electrons. The second-order valence-electron chi connectivity index (χ2n) is 6.09. The number of aromatic nitrogens is 1. The van der Waals surface area contributed by atoms with Gasteiger partial charge in [-0.1, -0.05) is 6.42 Å². The van der Waals surface area contributed by atoms with Crippen LogP contribution in [0.25, 0.3) is 0 Å². The van der Waals surface area contributed by atoms with Crippen LogP contribution >= 0.6 is 24.0 Å². The topological polar surface area (TPSA) is 81.7 Å². The molecule has 8 heteroatoms. The fourth-order valence-electron chi connectivity index (χ4n) is 2.78. The van der Waals surface area contributed by atoms with Crippen LogP contribution < -0.4 is 16.0 Å². The van der Waals surface area contributed by atoms with Crippen LogP contribution in [0, 0.1) is 0 Å². The zero-order chi connectivity index (χ0) is 17.7. The van der Waals surface area contributed by atoms with E-state index in [0.717, 1.165) is 25.6 Å². The van der Waals surface area contributed by atoms with Gasteiger partial charge in [0.15, 0.2) is 5.96 Å². The molecule has 0 saturated carbocycles. The molecule has 0 spiro atoms. The molecule has 1 aliphatic heterocycles. The third kappa shape index (κ3) is 8.79. The Kier molecular flexibility index (Phi) is 12.0. The number of hydrogen-bond donors (Lipinski definition) is 3. The summed E-state index contributed by atoms with van der Waals surface area (Å²) in [6.45, 7) is 8.21. The molecule has 26 heavy (non-hydrogen) atoms. The Morgan fingerprint density at radius 3 is 2.65 bits per heavy atom.